The van der Waals surface area contributed by atoms with E-state index in [-0.39, 0.29) is 17.0 Å². The van der Waals surface area contributed by atoms with Crippen molar-refractivity contribution in [1.82, 2.24) is 15.0 Å². The van der Waals surface area contributed by atoms with Gasteiger partial charge in [-0.3, -0.25) is 0 Å². The highest BCUT2D eigenvalue weighted by Gasteiger charge is 2.32. The topological polar surface area (TPSA) is 83.2 Å². The minimum atomic E-state index is -3.70. The van der Waals surface area contributed by atoms with Gasteiger partial charge in [0.2, 0.25) is 10.0 Å². The quantitative estimate of drug-likeness (QED) is 0.581. The Bertz CT molecular complexity index is 1230. The molecular weight excluding hydrogens is 405 g/mol. The Hall–Kier alpha value is -2.42. The SMILES string of the molecule is COc1ccc2[nH]c3c(c2c1)C[C@H](C)N[C@H]3c1ccc(S(=O)(=O)NC2CC2)cc1F. The van der Waals surface area contributed by atoms with Crippen molar-refractivity contribution in [2.75, 3.05) is 7.11 Å². The van der Waals surface area contributed by atoms with E-state index in [0.29, 0.717) is 5.56 Å². The molecule has 0 saturated heterocycles. The Labute approximate surface area is 174 Å². The summed E-state index contributed by atoms with van der Waals surface area (Å²) in [6, 6.07) is 9.74. The van der Waals surface area contributed by atoms with E-state index in [2.05, 4.69) is 21.9 Å². The fourth-order valence-corrected chi connectivity index (χ4v) is 5.53. The molecule has 3 aromatic rings. The van der Waals surface area contributed by atoms with Crippen LogP contribution in [0, 0.1) is 5.82 Å². The third kappa shape index (κ3) is 3.38. The number of sulfonamides is 1. The lowest BCUT2D eigenvalue weighted by molar-refractivity contribution is 0.415. The van der Waals surface area contributed by atoms with Gasteiger partial charge in [-0.2, -0.15) is 0 Å². The molecule has 0 amide bonds. The van der Waals surface area contributed by atoms with E-state index >= 15 is 4.39 Å². The van der Waals surface area contributed by atoms with Crippen molar-refractivity contribution in [3.05, 3.63) is 59.0 Å². The Morgan fingerprint density at radius 3 is 2.67 bits per heavy atom. The summed E-state index contributed by atoms with van der Waals surface area (Å²) >= 11 is 0. The number of methoxy groups -OCH3 is 1. The van der Waals surface area contributed by atoms with Crippen LogP contribution in [0.4, 0.5) is 4.39 Å². The number of benzene rings is 2. The van der Waals surface area contributed by atoms with Crippen molar-refractivity contribution in [3.63, 3.8) is 0 Å². The van der Waals surface area contributed by atoms with E-state index in [4.69, 9.17) is 4.74 Å². The summed E-state index contributed by atoms with van der Waals surface area (Å²) in [7, 11) is -2.06. The summed E-state index contributed by atoms with van der Waals surface area (Å²) in [5, 5.41) is 4.52. The Morgan fingerprint density at radius 1 is 1.17 bits per heavy atom. The van der Waals surface area contributed by atoms with Crippen LogP contribution in [0.5, 0.6) is 5.75 Å². The van der Waals surface area contributed by atoms with Gasteiger partial charge in [0.25, 0.3) is 0 Å². The van der Waals surface area contributed by atoms with Gasteiger partial charge in [0.15, 0.2) is 0 Å². The minimum absolute atomic E-state index is 0.0236. The molecule has 0 spiro atoms. The van der Waals surface area contributed by atoms with E-state index in [1.54, 1.807) is 13.2 Å². The van der Waals surface area contributed by atoms with Gasteiger partial charge in [0.1, 0.15) is 11.6 Å². The lowest BCUT2D eigenvalue weighted by atomic mass is 9.90. The van der Waals surface area contributed by atoms with Gasteiger partial charge in [-0.25, -0.2) is 17.5 Å². The Kier molecular flexibility index (Phi) is 4.61. The van der Waals surface area contributed by atoms with Crippen molar-refractivity contribution in [3.8, 4) is 5.75 Å². The van der Waals surface area contributed by atoms with Crippen molar-refractivity contribution >= 4 is 20.9 Å². The van der Waals surface area contributed by atoms with E-state index < -0.39 is 21.9 Å². The molecule has 0 unspecified atom stereocenters. The van der Waals surface area contributed by atoms with Gasteiger partial charge in [0, 0.05) is 34.2 Å². The zero-order valence-electron chi connectivity index (χ0n) is 16.8. The highest BCUT2D eigenvalue weighted by molar-refractivity contribution is 7.89. The number of ether oxygens (including phenoxy) is 1. The number of rotatable bonds is 5. The number of halogens is 1. The third-order valence-corrected chi connectivity index (χ3v) is 7.41. The number of hydrogen-bond donors (Lipinski definition) is 3. The molecule has 0 bridgehead atoms. The number of nitrogens with one attached hydrogen (secondary N) is 3. The molecule has 8 heteroatoms. The predicted octanol–water partition coefficient (Wildman–Crippen LogP) is 3.38. The molecule has 30 heavy (non-hydrogen) atoms. The average Bonchev–Trinajstić information content (AvgIpc) is 3.44. The molecule has 3 N–H and O–H groups in total. The number of aromatic amines is 1. The molecule has 2 atom stereocenters. The summed E-state index contributed by atoms with van der Waals surface area (Å²) in [6.45, 7) is 2.06. The summed E-state index contributed by atoms with van der Waals surface area (Å²) < 4.78 is 48.0. The van der Waals surface area contributed by atoms with E-state index in [1.165, 1.54) is 6.07 Å². The molecule has 1 fully saturated rings. The molecule has 0 radical (unpaired) electrons. The largest absolute Gasteiger partial charge is 0.497 e. The summed E-state index contributed by atoms with van der Waals surface area (Å²) in [5.41, 5.74) is 3.43. The Balaban J connectivity index is 1.56. The van der Waals surface area contributed by atoms with Gasteiger partial charge in [-0.05, 0) is 62.1 Å². The van der Waals surface area contributed by atoms with Crippen molar-refractivity contribution in [2.24, 2.45) is 0 Å². The fraction of sp³-hybridized carbons (Fsp3) is 0.364. The number of H-pyrrole nitrogens is 1. The van der Waals surface area contributed by atoms with Crippen LogP contribution in [-0.2, 0) is 16.4 Å². The smallest absolute Gasteiger partial charge is 0.240 e. The first-order valence-corrected chi connectivity index (χ1v) is 11.6. The monoisotopic (exact) mass is 429 g/mol. The van der Waals surface area contributed by atoms with Crippen molar-refractivity contribution in [2.45, 2.75) is 49.2 Å². The third-order valence-electron chi connectivity index (χ3n) is 5.89. The first-order chi connectivity index (χ1) is 14.4. The molecule has 158 valence electrons. The molecule has 5 rings (SSSR count). The van der Waals surface area contributed by atoms with Crippen LogP contribution in [0.25, 0.3) is 10.9 Å². The molecule has 6 nitrogen and oxygen atoms in total. The molecule has 2 aromatic carbocycles. The maximum Gasteiger partial charge on any atom is 0.240 e. The lowest BCUT2D eigenvalue weighted by Gasteiger charge is -2.30. The van der Waals surface area contributed by atoms with Crippen LogP contribution in [0.3, 0.4) is 0 Å². The van der Waals surface area contributed by atoms with Crippen molar-refractivity contribution < 1.29 is 17.5 Å². The van der Waals surface area contributed by atoms with Crippen LogP contribution in [-0.4, -0.2) is 32.6 Å². The van der Waals surface area contributed by atoms with Crippen LogP contribution in [0.1, 0.15) is 42.6 Å². The van der Waals surface area contributed by atoms with E-state index in [1.807, 2.05) is 18.2 Å². The van der Waals surface area contributed by atoms with Gasteiger partial charge in [0.05, 0.1) is 18.0 Å². The second kappa shape index (κ2) is 7.08. The summed E-state index contributed by atoms with van der Waals surface area (Å²) in [6.07, 6.45) is 2.47. The molecule has 1 aliphatic carbocycles. The van der Waals surface area contributed by atoms with Crippen LogP contribution in [0.15, 0.2) is 41.3 Å². The van der Waals surface area contributed by atoms with Gasteiger partial charge in [-0.1, -0.05) is 6.07 Å². The number of hydrogen-bond acceptors (Lipinski definition) is 4. The highest BCUT2D eigenvalue weighted by Crippen LogP contribution is 2.37. The van der Waals surface area contributed by atoms with E-state index in [0.717, 1.165) is 53.2 Å². The van der Waals surface area contributed by atoms with Gasteiger partial charge in [-0.15, -0.1) is 0 Å². The molecule has 1 saturated carbocycles. The molecule has 1 aromatic heterocycles. The lowest BCUT2D eigenvalue weighted by Crippen LogP contribution is -2.38. The number of aromatic nitrogens is 1. The van der Waals surface area contributed by atoms with Crippen LogP contribution < -0.4 is 14.8 Å². The maximum absolute atomic E-state index is 15.1. The zero-order chi connectivity index (χ0) is 21.0. The van der Waals surface area contributed by atoms with Crippen LogP contribution >= 0.6 is 0 Å². The van der Waals surface area contributed by atoms with Crippen molar-refractivity contribution in [1.29, 1.82) is 0 Å². The van der Waals surface area contributed by atoms with Crippen LogP contribution in [0.2, 0.25) is 0 Å². The van der Waals surface area contributed by atoms with Gasteiger partial charge < -0.3 is 15.0 Å². The molecule has 2 heterocycles. The molecule has 1 aliphatic heterocycles. The van der Waals surface area contributed by atoms with E-state index in [9.17, 15) is 8.42 Å². The zero-order valence-corrected chi connectivity index (χ0v) is 17.6. The summed E-state index contributed by atoms with van der Waals surface area (Å²) in [4.78, 5) is 3.39. The first kappa shape index (κ1) is 19.5. The second-order valence-corrected chi connectivity index (χ2v) is 9.93. The molecular formula is C22H24FN3O3S. The average molecular weight is 430 g/mol. The Morgan fingerprint density at radius 2 is 1.97 bits per heavy atom. The minimum Gasteiger partial charge on any atom is -0.497 e. The molecule has 2 aliphatic rings. The maximum atomic E-state index is 15.1. The second-order valence-electron chi connectivity index (χ2n) is 8.21. The first-order valence-electron chi connectivity index (χ1n) is 10.1. The fourth-order valence-electron chi connectivity index (χ4n) is 4.22. The highest BCUT2D eigenvalue weighted by atomic mass is 32.2. The predicted molar refractivity (Wildman–Crippen MR) is 113 cm³/mol. The number of fused-ring (bicyclic) bond motifs is 3. The standard InChI is InChI=1S/C22H24FN3O3S/c1-12-9-18-17-10-14(29-2)5-8-20(17)25-22(18)21(24-12)16-7-6-15(11-19(16)23)30(27,28)26-13-3-4-13/h5-8,10-13,21,24-26H,3-4,9H2,1-2H3/t12-,21-/m0/s1. The van der Waals surface area contributed by atoms with Gasteiger partial charge >= 0.3 is 0 Å². The normalized spacial score (nSPS) is 21.6. The summed E-state index contributed by atoms with van der Waals surface area (Å²) in [5.74, 6) is 0.235.